The maximum absolute atomic E-state index is 12.2. The van der Waals surface area contributed by atoms with Gasteiger partial charge in [-0.1, -0.05) is 12.8 Å². The molecule has 1 saturated carbocycles. The van der Waals surface area contributed by atoms with Crippen molar-refractivity contribution in [3.63, 3.8) is 0 Å². The molecule has 1 heterocycles. The predicted octanol–water partition coefficient (Wildman–Crippen LogP) is 0.963. The number of hydrogen-bond donors (Lipinski definition) is 1. The first-order valence-corrected chi connectivity index (χ1v) is 7.74. The Hall–Kier alpha value is -0.130. The van der Waals surface area contributed by atoms with Gasteiger partial charge in [-0.2, -0.15) is 0 Å². The van der Waals surface area contributed by atoms with E-state index in [1.165, 1.54) is 0 Å². The van der Waals surface area contributed by atoms with Gasteiger partial charge in [-0.15, -0.1) is 0 Å². The van der Waals surface area contributed by atoms with Crippen molar-refractivity contribution in [2.75, 3.05) is 19.7 Å². The van der Waals surface area contributed by atoms with Crippen molar-refractivity contribution < 1.29 is 13.5 Å². The van der Waals surface area contributed by atoms with E-state index in [9.17, 15) is 8.42 Å². The zero-order valence-corrected chi connectivity index (χ0v) is 10.5. The minimum Gasteiger partial charge on any atom is -0.396 e. The van der Waals surface area contributed by atoms with Crippen molar-refractivity contribution in [2.45, 2.75) is 43.8 Å². The molecule has 0 unspecified atom stereocenters. The van der Waals surface area contributed by atoms with Crippen molar-refractivity contribution in [1.29, 1.82) is 0 Å². The van der Waals surface area contributed by atoms with Crippen molar-refractivity contribution in [3.05, 3.63) is 0 Å². The lowest BCUT2D eigenvalue weighted by Gasteiger charge is -2.32. The molecule has 0 amide bonds. The van der Waals surface area contributed by atoms with E-state index in [1.807, 2.05) is 0 Å². The fourth-order valence-corrected chi connectivity index (χ4v) is 4.81. The molecule has 1 aliphatic carbocycles. The Morgan fingerprint density at radius 2 is 1.62 bits per heavy atom. The van der Waals surface area contributed by atoms with Gasteiger partial charge in [-0.25, -0.2) is 12.7 Å². The van der Waals surface area contributed by atoms with Crippen LogP contribution in [0.15, 0.2) is 0 Å². The molecule has 0 bridgehead atoms. The Kier molecular flexibility index (Phi) is 3.87. The average Bonchev–Trinajstić information content (AvgIpc) is 2.83. The average molecular weight is 247 g/mol. The number of sulfonamides is 1. The van der Waals surface area contributed by atoms with Gasteiger partial charge in [0.2, 0.25) is 10.0 Å². The highest BCUT2D eigenvalue weighted by Gasteiger charge is 2.35. The Bertz CT molecular complexity index is 314. The van der Waals surface area contributed by atoms with Crippen LogP contribution in [0.2, 0.25) is 0 Å². The van der Waals surface area contributed by atoms with Gasteiger partial charge >= 0.3 is 0 Å². The second kappa shape index (κ2) is 5.02. The Morgan fingerprint density at radius 1 is 1.06 bits per heavy atom. The summed E-state index contributed by atoms with van der Waals surface area (Å²) in [6.07, 6.45) is 5.39. The SMILES string of the molecule is O=S(=O)(C1CCCC1)N1CCC(CO)CC1. The van der Waals surface area contributed by atoms with Crippen LogP contribution < -0.4 is 0 Å². The zero-order valence-electron chi connectivity index (χ0n) is 9.64. The van der Waals surface area contributed by atoms with E-state index >= 15 is 0 Å². The van der Waals surface area contributed by atoms with Gasteiger partial charge in [0.25, 0.3) is 0 Å². The third-order valence-corrected chi connectivity index (χ3v) is 6.31. The molecule has 0 radical (unpaired) electrons. The maximum atomic E-state index is 12.2. The lowest BCUT2D eigenvalue weighted by Crippen LogP contribution is -2.43. The molecule has 0 aromatic rings. The van der Waals surface area contributed by atoms with E-state index in [4.69, 9.17) is 5.11 Å². The highest BCUT2D eigenvalue weighted by atomic mass is 32.2. The van der Waals surface area contributed by atoms with Gasteiger partial charge in [-0.3, -0.25) is 0 Å². The Labute approximate surface area is 97.7 Å². The molecule has 2 aliphatic rings. The molecule has 0 aromatic carbocycles. The summed E-state index contributed by atoms with van der Waals surface area (Å²) in [6, 6.07) is 0. The highest BCUT2D eigenvalue weighted by Crippen LogP contribution is 2.29. The van der Waals surface area contributed by atoms with Gasteiger partial charge < -0.3 is 5.11 Å². The van der Waals surface area contributed by atoms with E-state index < -0.39 is 10.0 Å². The molecule has 2 fully saturated rings. The number of aliphatic hydroxyl groups is 1. The largest absolute Gasteiger partial charge is 0.396 e. The molecule has 94 valence electrons. The smallest absolute Gasteiger partial charge is 0.216 e. The minimum atomic E-state index is -3.04. The van der Waals surface area contributed by atoms with Gasteiger partial charge in [0.05, 0.1) is 5.25 Å². The van der Waals surface area contributed by atoms with E-state index in [0.29, 0.717) is 19.0 Å². The molecular formula is C11H21NO3S. The third kappa shape index (κ3) is 2.41. The summed E-state index contributed by atoms with van der Waals surface area (Å²) in [6.45, 7) is 1.39. The topological polar surface area (TPSA) is 57.6 Å². The van der Waals surface area contributed by atoms with Crippen LogP contribution in [-0.2, 0) is 10.0 Å². The van der Waals surface area contributed by atoms with Crippen LogP contribution in [0.5, 0.6) is 0 Å². The fraction of sp³-hybridized carbons (Fsp3) is 1.00. The van der Waals surface area contributed by atoms with Crippen molar-refractivity contribution in [3.8, 4) is 0 Å². The normalized spacial score (nSPS) is 26.3. The number of rotatable bonds is 3. The molecule has 0 aromatic heterocycles. The lowest BCUT2D eigenvalue weighted by molar-refractivity contribution is 0.169. The van der Waals surface area contributed by atoms with E-state index in [2.05, 4.69) is 0 Å². The highest BCUT2D eigenvalue weighted by molar-refractivity contribution is 7.89. The third-order valence-electron chi connectivity index (χ3n) is 3.92. The molecular weight excluding hydrogens is 226 g/mol. The summed E-state index contributed by atoms with van der Waals surface area (Å²) < 4.78 is 26.1. The molecule has 16 heavy (non-hydrogen) atoms. The van der Waals surface area contributed by atoms with Crippen molar-refractivity contribution in [2.24, 2.45) is 5.92 Å². The Balaban J connectivity index is 1.97. The first-order valence-electron chi connectivity index (χ1n) is 6.24. The minimum absolute atomic E-state index is 0.127. The number of aliphatic hydroxyl groups excluding tert-OH is 1. The van der Waals surface area contributed by atoms with E-state index in [-0.39, 0.29) is 11.9 Å². The van der Waals surface area contributed by atoms with Crippen LogP contribution in [0, 0.1) is 5.92 Å². The quantitative estimate of drug-likeness (QED) is 0.808. The summed E-state index contributed by atoms with van der Waals surface area (Å²) in [5.41, 5.74) is 0. The van der Waals surface area contributed by atoms with Gasteiger partial charge in [0.1, 0.15) is 0 Å². The molecule has 5 heteroatoms. The molecule has 1 aliphatic heterocycles. The molecule has 0 atom stereocenters. The van der Waals surface area contributed by atoms with Gasteiger partial charge in [-0.05, 0) is 31.6 Å². The summed E-state index contributed by atoms with van der Waals surface area (Å²) in [4.78, 5) is 0. The standard InChI is InChI=1S/C11H21NO3S/c13-9-10-5-7-12(8-6-10)16(14,15)11-3-1-2-4-11/h10-11,13H,1-9H2. The van der Waals surface area contributed by atoms with Gasteiger partial charge in [0, 0.05) is 19.7 Å². The monoisotopic (exact) mass is 247 g/mol. The summed E-state index contributed by atoms with van der Waals surface area (Å²) in [7, 11) is -3.04. The van der Waals surface area contributed by atoms with Crippen LogP contribution in [0.3, 0.4) is 0 Å². The second-order valence-electron chi connectivity index (χ2n) is 4.98. The first kappa shape index (κ1) is 12.3. The van der Waals surface area contributed by atoms with Crippen molar-refractivity contribution in [1.82, 2.24) is 4.31 Å². The molecule has 2 rings (SSSR count). The second-order valence-corrected chi connectivity index (χ2v) is 7.19. The van der Waals surface area contributed by atoms with Crippen LogP contribution in [0.25, 0.3) is 0 Å². The van der Waals surface area contributed by atoms with Crippen LogP contribution >= 0.6 is 0 Å². The van der Waals surface area contributed by atoms with Crippen molar-refractivity contribution >= 4 is 10.0 Å². The number of nitrogens with zero attached hydrogens (tertiary/aromatic N) is 1. The molecule has 0 spiro atoms. The fourth-order valence-electron chi connectivity index (χ4n) is 2.74. The summed E-state index contributed by atoms with van der Waals surface area (Å²) >= 11 is 0. The lowest BCUT2D eigenvalue weighted by atomic mass is 10.00. The maximum Gasteiger partial charge on any atom is 0.216 e. The predicted molar refractivity (Wildman–Crippen MR) is 62.6 cm³/mol. The summed E-state index contributed by atoms with van der Waals surface area (Å²) in [5.74, 6) is 0.301. The van der Waals surface area contributed by atoms with Gasteiger partial charge in [0.15, 0.2) is 0 Å². The van der Waals surface area contributed by atoms with Crippen LogP contribution in [0.4, 0.5) is 0 Å². The molecule has 1 saturated heterocycles. The first-order chi connectivity index (χ1) is 7.64. The van der Waals surface area contributed by atoms with Crippen LogP contribution in [0.1, 0.15) is 38.5 Å². The number of piperidine rings is 1. The summed E-state index contributed by atoms with van der Waals surface area (Å²) in [5, 5.41) is 8.90. The Morgan fingerprint density at radius 3 is 2.12 bits per heavy atom. The number of hydrogen-bond acceptors (Lipinski definition) is 3. The van der Waals surface area contributed by atoms with E-state index in [0.717, 1.165) is 38.5 Å². The molecule has 1 N–H and O–H groups in total. The van der Waals surface area contributed by atoms with Crippen LogP contribution in [-0.4, -0.2) is 42.8 Å². The molecule has 4 nitrogen and oxygen atoms in total. The van der Waals surface area contributed by atoms with E-state index in [1.54, 1.807) is 4.31 Å². The zero-order chi connectivity index (χ0) is 11.6.